The second-order valence-electron chi connectivity index (χ2n) is 19.8. The van der Waals surface area contributed by atoms with E-state index in [1.807, 2.05) is 53.1 Å². The number of hydrogen-bond acceptors (Lipinski definition) is 9. The van der Waals surface area contributed by atoms with E-state index in [2.05, 4.69) is 22.9 Å². The minimum Gasteiger partial charge on any atom is -0.493 e. The normalized spacial score (nSPS) is 20.2. The van der Waals surface area contributed by atoms with Crippen LogP contribution in [0, 0.1) is 11.6 Å². The number of piperazine rings is 1. The van der Waals surface area contributed by atoms with Gasteiger partial charge in [0.05, 0.1) is 41.7 Å². The van der Waals surface area contributed by atoms with E-state index in [4.69, 9.17) is 14.5 Å². The number of anilines is 1. The van der Waals surface area contributed by atoms with Crippen LogP contribution >= 0.6 is 0 Å². The number of esters is 1. The minimum atomic E-state index is -1.89. The maximum absolute atomic E-state index is 16.1. The monoisotopic (exact) mass is 944 g/mol. The van der Waals surface area contributed by atoms with Crippen LogP contribution in [-0.2, 0) is 45.9 Å². The van der Waals surface area contributed by atoms with Crippen LogP contribution in [0.1, 0.15) is 112 Å². The number of amides is 1. The van der Waals surface area contributed by atoms with Crippen LogP contribution < -0.4 is 15.2 Å². The molecule has 0 unspecified atom stereocenters. The molecule has 0 saturated carbocycles. The topological polar surface area (TPSA) is 133 Å². The number of fused-ring (bicyclic) bond motifs is 8. The van der Waals surface area contributed by atoms with Gasteiger partial charge in [0.15, 0.2) is 5.60 Å². The highest BCUT2D eigenvalue weighted by Gasteiger charge is 2.46. The number of aryl methyl sites for hydroxylation is 1. The molecule has 1 saturated heterocycles. The molecule has 362 valence electrons. The first kappa shape index (κ1) is 46.5. The van der Waals surface area contributed by atoms with Crippen molar-refractivity contribution >= 4 is 39.4 Å². The molecule has 1 fully saturated rings. The molecular weight excluding hydrogens is 886 g/mol. The number of para-hydroxylation sites is 1. The molecule has 6 aromatic rings. The number of unbranched alkanes of at least 4 members (excludes halogenated alkanes) is 2. The predicted molar refractivity (Wildman–Crippen MR) is 258 cm³/mol. The van der Waals surface area contributed by atoms with E-state index in [-0.39, 0.29) is 55.0 Å². The molecule has 0 radical (unpaired) electrons. The average molecular weight is 945 g/mol. The van der Waals surface area contributed by atoms with Gasteiger partial charge in [0.1, 0.15) is 29.7 Å². The molecule has 12 nitrogen and oxygen atoms in total. The number of pyridine rings is 2. The van der Waals surface area contributed by atoms with Crippen molar-refractivity contribution in [3.8, 4) is 17.1 Å². The van der Waals surface area contributed by atoms with Crippen molar-refractivity contribution in [1.82, 2.24) is 24.3 Å². The van der Waals surface area contributed by atoms with Crippen molar-refractivity contribution in [2.45, 2.75) is 116 Å². The number of carbonyl (C=O) groups is 2. The van der Waals surface area contributed by atoms with Gasteiger partial charge in [0.25, 0.3) is 5.56 Å². The number of H-pyrrole nitrogens is 1. The van der Waals surface area contributed by atoms with Crippen molar-refractivity contribution in [2.75, 3.05) is 44.2 Å². The smallest absolute Gasteiger partial charge is 0.343 e. The van der Waals surface area contributed by atoms with Gasteiger partial charge in [-0.3, -0.25) is 14.5 Å². The maximum Gasteiger partial charge on any atom is 0.343 e. The summed E-state index contributed by atoms with van der Waals surface area (Å²) >= 11 is 0. The van der Waals surface area contributed by atoms with E-state index in [1.165, 1.54) is 26.0 Å². The van der Waals surface area contributed by atoms with Gasteiger partial charge in [-0.15, -0.1) is 0 Å². The second kappa shape index (κ2) is 18.0. The summed E-state index contributed by atoms with van der Waals surface area (Å²) in [4.78, 5) is 54.2. The predicted octanol–water partition coefficient (Wildman–Crippen LogP) is 8.77. The van der Waals surface area contributed by atoms with Gasteiger partial charge in [0, 0.05) is 102 Å². The Hall–Kier alpha value is -6.19. The molecule has 2 N–H and O–H groups in total. The molecule has 3 aromatic heterocycles. The first-order valence-electron chi connectivity index (χ1n) is 24.4. The Bertz CT molecular complexity index is 3060. The fourth-order valence-electron chi connectivity index (χ4n) is 11.3. The first-order valence-corrected chi connectivity index (χ1v) is 24.4. The maximum atomic E-state index is 16.1. The van der Waals surface area contributed by atoms with E-state index in [0.29, 0.717) is 99.5 Å². The third-order valence-corrected chi connectivity index (χ3v) is 14.8. The fraction of sp³-hybridized carbons (Fsp3) is 0.444. The SMILES string of the molecule is CCc1c2c(nc3ccc(N4CCN(C(=O)CCCCCOc5cc(F)c([C@@H]6c7[nH]c8ccccc8c7C[C@@H](C)N6CC(C)(C)F)c(F)c5)CC4)cc13)-c1cc3c(c(=O)n1C2)COC(=O)[C@]3(O)CC. The van der Waals surface area contributed by atoms with E-state index in [9.17, 15) is 19.5 Å². The molecule has 4 aliphatic heterocycles. The van der Waals surface area contributed by atoms with E-state index >= 15 is 13.2 Å². The standard InChI is InChI=1S/C54H59F3N6O6/c1-6-34-36-24-32(16-17-44(36)58-48-38(34)28-62-45(48)27-40-39(51(62)65)29-69-52(66)54(40,67)7-2)60-18-20-61(21-19-60)46(64)15-9-8-12-22-68-33-25-41(55)47(42(56)26-33)50-49-37(35-13-10-11-14-43(35)59-49)23-31(3)63(50)30-53(4,5)57/h10-11,13-14,16-17,24-27,31,50,59,67H,6-9,12,15,18-23,28-30H2,1-5H3/t31-,50-,54+/m1/s1. The van der Waals surface area contributed by atoms with Crippen molar-refractivity contribution in [2.24, 2.45) is 0 Å². The lowest BCUT2D eigenvalue weighted by Gasteiger charge is -2.43. The summed E-state index contributed by atoms with van der Waals surface area (Å²) in [6.45, 7) is 11.6. The third-order valence-electron chi connectivity index (χ3n) is 14.8. The largest absolute Gasteiger partial charge is 0.493 e. The third kappa shape index (κ3) is 8.24. The van der Waals surface area contributed by atoms with Crippen molar-refractivity contribution in [3.05, 3.63) is 122 Å². The first-order chi connectivity index (χ1) is 33.1. The minimum absolute atomic E-state index is 0.00257. The van der Waals surface area contributed by atoms with Crippen molar-refractivity contribution < 1.29 is 37.3 Å². The number of alkyl halides is 1. The highest BCUT2D eigenvalue weighted by molar-refractivity contribution is 5.91. The number of aromatic amines is 1. The number of aliphatic hydroxyl groups is 1. The lowest BCUT2D eigenvalue weighted by Crippen LogP contribution is -2.48. The molecule has 0 aliphatic carbocycles. The van der Waals surface area contributed by atoms with Gasteiger partial charge in [0.2, 0.25) is 5.91 Å². The van der Waals surface area contributed by atoms with Gasteiger partial charge in [-0.2, -0.15) is 0 Å². The lowest BCUT2D eigenvalue weighted by atomic mass is 9.86. The zero-order valence-corrected chi connectivity index (χ0v) is 39.9. The number of aromatic nitrogens is 3. The second-order valence-corrected chi connectivity index (χ2v) is 19.8. The molecule has 15 heteroatoms. The number of rotatable bonds is 13. The highest BCUT2D eigenvalue weighted by Crippen LogP contribution is 2.45. The van der Waals surface area contributed by atoms with Crippen LogP contribution in [-0.4, -0.2) is 92.4 Å². The van der Waals surface area contributed by atoms with Crippen molar-refractivity contribution in [3.63, 3.8) is 0 Å². The lowest BCUT2D eigenvalue weighted by molar-refractivity contribution is -0.172. The summed E-state index contributed by atoms with van der Waals surface area (Å²) in [5.41, 5.74) is 4.36. The van der Waals surface area contributed by atoms with Crippen molar-refractivity contribution in [1.29, 1.82) is 0 Å². The molecule has 1 amide bonds. The fourth-order valence-corrected chi connectivity index (χ4v) is 11.3. The Morgan fingerprint density at radius 1 is 0.957 bits per heavy atom. The quantitative estimate of drug-likeness (QED) is 0.0860. The van der Waals surface area contributed by atoms with Gasteiger partial charge in [-0.1, -0.05) is 32.0 Å². The molecule has 0 bridgehead atoms. The van der Waals surface area contributed by atoms with E-state index < -0.39 is 34.9 Å². The molecule has 3 atom stereocenters. The Balaban J connectivity index is 0.737. The van der Waals surface area contributed by atoms with Crippen LogP contribution in [0.4, 0.5) is 18.9 Å². The summed E-state index contributed by atoms with van der Waals surface area (Å²) < 4.78 is 60.2. The molecule has 10 rings (SSSR count). The van der Waals surface area contributed by atoms with Gasteiger partial charge in [-0.25, -0.2) is 22.9 Å². The Kier molecular flexibility index (Phi) is 12.1. The zero-order chi connectivity index (χ0) is 48.5. The van der Waals surface area contributed by atoms with Crippen LogP contribution in [0.15, 0.2) is 65.5 Å². The zero-order valence-electron chi connectivity index (χ0n) is 39.9. The molecule has 0 spiro atoms. The molecular formula is C54H59F3N6O6. The van der Waals surface area contributed by atoms with Crippen LogP contribution in [0.5, 0.6) is 5.75 Å². The summed E-state index contributed by atoms with van der Waals surface area (Å²) in [6, 6.07) is 17.1. The van der Waals surface area contributed by atoms with Crippen LogP contribution in [0.3, 0.4) is 0 Å². The number of carbonyl (C=O) groups excluding carboxylic acids is 2. The highest BCUT2D eigenvalue weighted by atomic mass is 19.1. The number of nitrogens with zero attached hydrogens (tertiary/aromatic N) is 5. The molecule has 7 heterocycles. The summed E-state index contributed by atoms with van der Waals surface area (Å²) in [7, 11) is 0. The average Bonchev–Trinajstić information content (AvgIpc) is 3.89. The number of hydrogen-bond donors (Lipinski definition) is 2. The number of nitrogens with one attached hydrogen (secondary N) is 1. The van der Waals surface area contributed by atoms with Gasteiger partial charge < -0.3 is 33.9 Å². The molecule has 4 aliphatic rings. The molecule has 69 heavy (non-hydrogen) atoms. The van der Waals surface area contributed by atoms with Crippen LogP contribution in [0.25, 0.3) is 33.2 Å². The van der Waals surface area contributed by atoms with E-state index in [0.717, 1.165) is 44.2 Å². The summed E-state index contributed by atoms with van der Waals surface area (Å²) in [6.07, 6.45) is 3.76. The molecule has 3 aromatic carbocycles. The number of ether oxygens (including phenoxy) is 2. The number of benzene rings is 3. The Morgan fingerprint density at radius 2 is 1.71 bits per heavy atom. The van der Waals surface area contributed by atoms with Gasteiger partial charge in [-0.05, 0) is 101 Å². The Labute approximate surface area is 399 Å². The Morgan fingerprint density at radius 3 is 2.43 bits per heavy atom. The number of cyclic esters (lactones) is 1. The summed E-state index contributed by atoms with van der Waals surface area (Å²) in [5, 5.41) is 13.3. The van der Waals surface area contributed by atoms with E-state index in [1.54, 1.807) is 17.6 Å². The summed E-state index contributed by atoms with van der Waals surface area (Å²) in [5.74, 6) is -2.07. The number of halogens is 3. The van der Waals surface area contributed by atoms with Gasteiger partial charge >= 0.3 is 5.97 Å². The van der Waals surface area contributed by atoms with Crippen LogP contribution in [0.2, 0.25) is 0 Å².